The van der Waals surface area contributed by atoms with Gasteiger partial charge in [-0.15, -0.1) is 0 Å². The van der Waals surface area contributed by atoms with E-state index in [0.29, 0.717) is 22.9 Å². The summed E-state index contributed by atoms with van der Waals surface area (Å²) in [5, 5.41) is 3.07. The van der Waals surface area contributed by atoms with Crippen molar-refractivity contribution in [2.45, 2.75) is 13.8 Å². The van der Waals surface area contributed by atoms with Crippen LogP contribution >= 0.6 is 0 Å². The minimum absolute atomic E-state index is 0.0237. The van der Waals surface area contributed by atoms with E-state index in [4.69, 9.17) is 4.74 Å². The molecule has 0 aliphatic carbocycles. The molecule has 0 aliphatic heterocycles. The van der Waals surface area contributed by atoms with E-state index in [-0.39, 0.29) is 5.78 Å². The van der Waals surface area contributed by atoms with E-state index in [1.807, 2.05) is 24.3 Å². The molecule has 2 heterocycles. The highest BCUT2D eigenvalue weighted by atomic mass is 16.5. The van der Waals surface area contributed by atoms with Crippen molar-refractivity contribution in [3.63, 3.8) is 0 Å². The number of pyridine rings is 1. The second-order valence-electron chi connectivity index (χ2n) is 5.56. The summed E-state index contributed by atoms with van der Waals surface area (Å²) in [6.45, 7) is 3.33. The van der Waals surface area contributed by atoms with Crippen molar-refractivity contribution in [1.82, 2.24) is 15.0 Å². The molecule has 1 N–H and O–H groups in total. The largest absolute Gasteiger partial charge is 0.497 e. The number of hydrogen-bond donors (Lipinski definition) is 1. The number of benzene rings is 1. The maximum Gasteiger partial charge on any atom is 0.227 e. The van der Waals surface area contributed by atoms with Gasteiger partial charge in [-0.25, -0.2) is 9.97 Å². The Balaban J connectivity index is 1.78. The highest BCUT2D eigenvalue weighted by molar-refractivity contribution is 5.96. The zero-order valence-electron chi connectivity index (χ0n) is 14.3. The van der Waals surface area contributed by atoms with E-state index >= 15 is 0 Å². The van der Waals surface area contributed by atoms with E-state index in [9.17, 15) is 4.79 Å². The number of aromatic nitrogens is 3. The van der Waals surface area contributed by atoms with Gasteiger partial charge >= 0.3 is 0 Å². The van der Waals surface area contributed by atoms with Crippen molar-refractivity contribution >= 4 is 17.4 Å². The maximum atomic E-state index is 11.6. The molecular formula is C19H18N4O2. The molecule has 0 atom stereocenters. The third-order valence-corrected chi connectivity index (χ3v) is 3.80. The summed E-state index contributed by atoms with van der Waals surface area (Å²) < 4.78 is 5.15. The summed E-state index contributed by atoms with van der Waals surface area (Å²) in [4.78, 5) is 24.5. The highest BCUT2D eigenvalue weighted by Crippen LogP contribution is 2.22. The number of rotatable bonds is 5. The van der Waals surface area contributed by atoms with Gasteiger partial charge in [-0.05, 0) is 37.6 Å². The Morgan fingerprint density at radius 3 is 2.28 bits per heavy atom. The van der Waals surface area contributed by atoms with Crippen LogP contribution in [-0.2, 0) is 0 Å². The SMILES string of the molecule is COc1ccc(-c2cnc(Nc3cnc(C)c(C(C)=O)c3)nc2)cc1. The predicted octanol–water partition coefficient (Wildman–Crippen LogP) is 3.80. The molecule has 0 radical (unpaired) electrons. The summed E-state index contributed by atoms with van der Waals surface area (Å²) in [6.07, 6.45) is 5.14. The average molecular weight is 334 g/mol. The van der Waals surface area contributed by atoms with Gasteiger partial charge in [0.1, 0.15) is 5.75 Å². The molecule has 0 bridgehead atoms. The Morgan fingerprint density at radius 1 is 1.00 bits per heavy atom. The molecule has 0 amide bonds. The lowest BCUT2D eigenvalue weighted by atomic mass is 10.1. The van der Waals surface area contributed by atoms with E-state index < -0.39 is 0 Å². The smallest absolute Gasteiger partial charge is 0.227 e. The maximum absolute atomic E-state index is 11.6. The first kappa shape index (κ1) is 16.6. The number of nitrogens with one attached hydrogen (secondary N) is 1. The van der Waals surface area contributed by atoms with Gasteiger partial charge in [0.15, 0.2) is 5.78 Å². The van der Waals surface area contributed by atoms with Crippen LogP contribution in [0.2, 0.25) is 0 Å². The number of aryl methyl sites for hydroxylation is 1. The fraction of sp³-hybridized carbons (Fsp3) is 0.158. The van der Waals surface area contributed by atoms with E-state index in [2.05, 4.69) is 20.3 Å². The Morgan fingerprint density at radius 2 is 1.68 bits per heavy atom. The monoisotopic (exact) mass is 334 g/mol. The molecule has 2 aromatic heterocycles. The summed E-state index contributed by atoms with van der Waals surface area (Å²) in [5.41, 5.74) is 3.87. The lowest BCUT2D eigenvalue weighted by Crippen LogP contribution is -2.02. The Hall–Kier alpha value is -3.28. The minimum Gasteiger partial charge on any atom is -0.497 e. The molecular weight excluding hydrogens is 316 g/mol. The van der Waals surface area contributed by atoms with Crippen LogP contribution in [0, 0.1) is 6.92 Å². The summed E-state index contributed by atoms with van der Waals surface area (Å²) in [7, 11) is 1.63. The van der Waals surface area contributed by atoms with Crippen molar-refractivity contribution in [2.24, 2.45) is 0 Å². The molecule has 1 aromatic carbocycles. The number of ketones is 1. The second kappa shape index (κ2) is 7.09. The van der Waals surface area contributed by atoms with Crippen molar-refractivity contribution < 1.29 is 9.53 Å². The zero-order valence-corrected chi connectivity index (χ0v) is 14.3. The third-order valence-electron chi connectivity index (χ3n) is 3.80. The van der Waals surface area contributed by atoms with Crippen molar-refractivity contribution in [3.8, 4) is 16.9 Å². The van der Waals surface area contributed by atoms with Gasteiger partial charge in [0.25, 0.3) is 0 Å². The van der Waals surface area contributed by atoms with Crippen molar-refractivity contribution in [2.75, 3.05) is 12.4 Å². The summed E-state index contributed by atoms with van der Waals surface area (Å²) >= 11 is 0. The molecule has 3 rings (SSSR count). The number of methoxy groups -OCH3 is 1. The molecule has 0 saturated carbocycles. The second-order valence-corrected chi connectivity index (χ2v) is 5.56. The first-order valence-electron chi connectivity index (χ1n) is 7.78. The number of ether oxygens (including phenoxy) is 1. The van der Waals surface area contributed by atoms with Crippen LogP contribution in [0.15, 0.2) is 48.9 Å². The normalized spacial score (nSPS) is 10.4. The van der Waals surface area contributed by atoms with Gasteiger partial charge < -0.3 is 10.1 Å². The molecule has 6 nitrogen and oxygen atoms in total. The third kappa shape index (κ3) is 3.80. The van der Waals surface area contributed by atoms with Gasteiger partial charge in [-0.2, -0.15) is 0 Å². The summed E-state index contributed by atoms with van der Waals surface area (Å²) in [5.74, 6) is 1.22. The molecule has 25 heavy (non-hydrogen) atoms. The zero-order chi connectivity index (χ0) is 17.8. The van der Waals surface area contributed by atoms with Crippen LogP contribution in [0.3, 0.4) is 0 Å². The van der Waals surface area contributed by atoms with Crippen LogP contribution in [0.5, 0.6) is 5.75 Å². The number of nitrogens with zero attached hydrogens (tertiary/aromatic N) is 3. The number of Topliss-reactive ketones (excluding diaryl/α,β-unsaturated/α-hetero) is 1. The van der Waals surface area contributed by atoms with E-state index in [0.717, 1.165) is 16.9 Å². The van der Waals surface area contributed by atoms with Crippen LogP contribution in [-0.4, -0.2) is 27.8 Å². The first-order valence-corrected chi connectivity index (χ1v) is 7.78. The molecule has 0 fully saturated rings. The lowest BCUT2D eigenvalue weighted by Gasteiger charge is -2.08. The topological polar surface area (TPSA) is 77.0 Å². The van der Waals surface area contributed by atoms with Crippen LogP contribution in [0.25, 0.3) is 11.1 Å². The molecule has 0 saturated heterocycles. The number of carbonyl (C=O) groups excluding carboxylic acids is 1. The fourth-order valence-corrected chi connectivity index (χ4v) is 2.41. The summed E-state index contributed by atoms with van der Waals surface area (Å²) in [6, 6.07) is 9.44. The van der Waals surface area contributed by atoms with Crippen LogP contribution < -0.4 is 10.1 Å². The van der Waals surface area contributed by atoms with Gasteiger partial charge in [0.2, 0.25) is 5.95 Å². The molecule has 0 aliphatic rings. The van der Waals surface area contributed by atoms with Gasteiger partial charge in [-0.3, -0.25) is 9.78 Å². The number of hydrogen-bond acceptors (Lipinski definition) is 6. The van der Waals surface area contributed by atoms with Gasteiger partial charge in [0.05, 0.1) is 19.0 Å². The Bertz CT molecular complexity index is 890. The van der Waals surface area contributed by atoms with Crippen LogP contribution in [0.4, 0.5) is 11.6 Å². The lowest BCUT2D eigenvalue weighted by molar-refractivity contribution is 0.101. The van der Waals surface area contributed by atoms with Crippen molar-refractivity contribution in [1.29, 1.82) is 0 Å². The fourth-order valence-electron chi connectivity index (χ4n) is 2.41. The van der Waals surface area contributed by atoms with Gasteiger partial charge in [-0.1, -0.05) is 12.1 Å². The number of anilines is 2. The average Bonchev–Trinajstić information content (AvgIpc) is 2.64. The Labute approximate surface area is 145 Å². The molecule has 126 valence electrons. The molecule has 0 spiro atoms. The molecule has 6 heteroatoms. The van der Waals surface area contributed by atoms with E-state index in [1.165, 1.54) is 6.92 Å². The number of carbonyl (C=O) groups is 1. The highest BCUT2D eigenvalue weighted by Gasteiger charge is 2.08. The molecule has 0 unspecified atom stereocenters. The van der Waals surface area contributed by atoms with Gasteiger partial charge in [0, 0.05) is 29.2 Å². The quantitative estimate of drug-likeness (QED) is 0.715. The predicted molar refractivity (Wildman–Crippen MR) is 96.3 cm³/mol. The first-order chi connectivity index (χ1) is 12.1. The minimum atomic E-state index is -0.0237. The van der Waals surface area contributed by atoms with Crippen molar-refractivity contribution in [3.05, 3.63) is 60.2 Å². The van der Waals surface area contributed by atoms with E-state index in [1.54, 1.807) is 38.7 Å². The van der Waals surface area contributed by atoms with Crippen LogP contribution in [0.1, 0.15) is 23.0 Å². The standard InChI is InChI=1S/C19H18N4O2/c1-12-18(13(2)24)8-16(11-20-12)23-19-21-9-15(10-22-19)14-4-6-17(25-3)7-5-14/h4-11H,1-3H3,(H,21,22,23). The Kier molecular flexibility index (Phi) is 4.70. The molecule has 3 aromatic rings.